The number of aromatic nitrogens is 1. The van der Waals surface area contributed by atoms with Crippen LogP contribution in [0, 0.1) is 0 Å². The molecule has 0 radical (unpaired) electrons. The van der Waals surface area contributed by atoms with Crippen molar-refractivity contribution in [3.8, 4) is 22.8 Å². The molecule has 0 fully saturated rings. The van der Waals surface area contributed by atoms with Crippen LogP contribution in [0.1, 0.15) is 12.0 Å². The molecule has 2 rings (SSSR count). The average Bonchev–Trinajstić information content (AvgIpc) is 2.83. The quantitative estimate of drug-likeness (QED) is 0.924. The van der Waals surface area contributed by atoms with Crippen molar-refractivity contribution in [1.29, 1.82) is 0 Å². The number of nitrogens with two attached hydrogens (primary N) is 1. The first-order valence-corrected chi connectivity index (χ1v) is 5.33. The van der Waals surface area contributed by atoms with E-state index < -0.39 is 6.43 Å². The summed E-state index contributed by atoms with van der Waals surface area (Å²) in [6.07, 6.45) is -2.68. The van der Waals surface area contributed by atoms with E-state index in [0.29, 0.717) is 11.3 Å². The van der Waals surface area contributed by atoms with Crippen LogP contribution in [0.3, 0.4) is 0 Å². The van der Waals surface area contributed by atoms with E-state index >= 15 is 0 Å². The third-order valence-corrected chi connectivity index (χ3v) is 2.58. The first-order chi connectivity index (χ1) is 9.06. The predicted octanol–water partition coefficient (Wildman–Crippen LogP) is 2.88. The van der Waals surface area contributed by atoms with E-state index in [0.717, 1.165) is 0 Å². The molecular formula is C12H12F2N2O3. The van der Waals surface area contributed by atoms with Crippen LogP contribution < -0.4 is 15.2 Å². The Labute approximate surface area is 107 Å². The molecule has 5 nitrogen and oxygen atoms in total. The molecule has 0 saturated carbocycles. The highest BCUT2D eigenvalue weighted by Gasteiger charge is 2.20. The monoisotopic (exact) mass is 270 g/mol. The molecule has 0 unspecified atom stereocenters. The van der Waals surface area contributed by atoms with Crippen molar-refractivity contribution in [2.75, 3.05) is 20.0 Å². The van der Waals surface area contributed by atoms with E-state index in [1.165, 1.54) is 32.4 Å². The molecule has 2 N–H and O–H groups in total. The lowest BCUT2D eigenvalue weighted by Gasteiger charge is -2.12. The second-order valence-electron chi connectivity index (χ2n) is 3.71. The van der Waals surface area contributed by atoms with E-state index in [4.69, 9.17) is 19.7 Å². The van der Waals surface area contributed by atoms with Gasteiger partial charge in [-0.15, -0.1) is 0 Å². The maximum Gasteiger partial charge on any atom is 0.267 e. The summed E-state index contributed by atoms with van der Waals surface area (Å²) in [5.41, 5.74) is 5.52. The van der Waals surface area contributed by atoms with Gasteiger partial charge in [0.05, 0.1) is 25.3 Å². The summed E-state index contributed by atoms with van der Waals surface area (Å²) in [4.78, 5) is 0. The molecule has 0 amide bonds. The van der Waals surface area contributed by atoms with E-state index in [1.54, 1.807) is 0 Å². The molecule has 0 aliphatic rings. The van der Waals surface area contributed by atoms with Crippen LogP contribution in [0.25, 0.3) is 11.3 Å². The number of benzene rings is 1. The number of nitrogens with zero attached hydrogens (tertiary/aromatic N) is 1. The van der Waals surface area contributed by atoms with Crippen LogP contribution in [0.15, 0.2) is 22.7 Å². The SMILES string of the molecule is COc1cc(OC)c(C(F)F)cc1-c1cc(N)no1. The van der Waals surface area contributed by atoms with Crippen molar-refractivity contribution in [2.45, 2.75) is 6.43 Å². The van der Waals surface area contributed by atoms with Gasteiger partial charge in [0.1, 0.15) is 11.5 Å². The molecule has 0 aliphatic heterocycles. The second-order valence-corrected chi connectivity index (χ2v) is 3.71. The number of hydrogen-bond acceptors (Lipinski definition) is 5. The van der Waals surface area contributed by atoms with Crippen LogP contribution in [0.2, 0.25) is 0 Å². The average molecular weight is 270 g/mol. The third-order valence-electron chi connectivity index (χ3n) is 2.58. The van der Waals surface area contributed by atoms with Gasteiger partial charge >= 0.3 is 0 Å². The Morgan fingerprint density at radius 2 is 1.84 bits per heavy atom. The van der Waals surface area contributed by atoms with E-state index in [9.17, 15) is 8.78 Å². The summed E-state index contributed by atoms with van der Waals surface area (Å²) in [6, 6.07) is 4.04. The Balaban J connectivity index is 2.62. The summed E-state index contributed by atoms with van der Waals surface area (Å²) in [5, 5.41) is 3.51. The molecule has 1 aromatic carbocycles. The van der Waals surface area contributed by atoms with Gasteiger partial charge in [-0.2, -0.15) is 0 Å². The van der Waals surface area contributed by atoms with Crippen LogP contribution >= 0.6 is 0 Å². The Morgan fingerprint density at radius 1 is 1.16 bits per heavy atom. The highest BCUT2D eigenvalue weighted by atomic mass is 19.3. The molecule has 2 aromatic rings. The number of ether oxygens (including phenoxy) is 2. The molecule has 1 aromatic heterocycles. The number of rotatable bonds is 4. The number of nitrogen functional groups attached to an aromatic ring is 1. The molecule has 0 spiro atoms. The smallest absolute Gasteiger partial charge is 0.267 e. The minimum atomic E-state index is -2.68. The van der Waals surface area contributed by atoms with Gasteiger partial charge in [-0.1, -0.05) is 5.16 Å². The summed E-state index contributed by atoms with van der Waals surface area (Å²) in [7, 11) is 2.73. The molecule has 0 aliphatic carbocycles. The Morgan fingerprint density at radius 3 is 2.32 bits per heavy atom. The Kier molecular flexibility index (Phi) is 3.55. The van der Waals surface area contributed by atoms with Gasteiger partial charge in [0.15, 0.2) is 11.6 Å². The second kappa shape index (κ2) is 5.13. The lowest BCUT2D eigenvalue weighted by atomic mass is 10.1. The predicted molar refractivity (Wildman–Crippen MR) is 64.4 cm³/mol. The molecule has 0 bridgehead atoms. The molecule has 0 saturated heterocycles. The van der Waals surface area contributed by atoms with Gasteiger partial charge in [0, 0.05) is 12.1 Å². The standard InChI is InChI=1S/C12H12F2N2O3/c1-17-8-4-9(18-2)7(12(13)14)3-6(8)10-5-11(15)16-19-10/h3-5,12H,1-2H3,(H2,15,16). The molecule has 1 heterocycles. The van der Waals surface area contributed by atoms with Crippen molar-refractivity contribution in [3.05, 3.63) is 23.8 Å². The third kappa shape index (κ3) is 2.44. The molecular weight excluding hydrogens is 258 g/mol. The molecule has 102 valence electrons. The van der Waals surface area contributed by atoms with E-state index in [2.05, 4.69) is 5.16 Å². The lowest BCUT2D eigenvalue weighted by molar-refractivity contribution is 0.147. The topological polar surface area (TPSA) is 70.5 Å². The Hall–Kier alpha value is -2.31. The minimum absolute atomic E-state index is 0.0445. The largest absolute Gasteiger partial charge is 0.496 e. The number of methoxy groups -OCH3 is 2. The van der Waals surface area contributed by atoms with E-state index in [-0.39, 0.29) is 22.9 Å². The zero-order chi connectivity index (χ0) is 14.0. The Bertz CT molecular complexity index is 584. The zero-order valence-electron chi connectivity index (χ0n) is 10.3. The van der Waals surface area contributed by atoms with Gasteiger partial charge in [-0.05, 0) is 6.07 Å². The van der Waals surface area contributed by atoms with Gasteiger partial charge in [-0.3, -0.25) is 0 Å². The fourth-order valence-corrected chi connectivity index (χ4v) is 1.70. The van der Waals surface area contributed by atoms with Crippen molar-refractivity contribution >= 4 is 5.82 Å². The van der Waals surface area contributed by atoms with Crippen LogP contribution in [-0.2, 0) is 0 Å². The van der Waals surface area contributed by atoms with Crippen molar-refractivity contribution in [2.24, 2.45) is 0 Å². The highest BCUT2D eigenvalue weighted by molar-refractivity contribution is 5.70. The molecule has 19 heavy (non-hydrogen) atoms. The van der Waals surface area contributed by atoms with Crippen LogP contribution in [0.5, 0.6) is 11.5 Å². The van der Waals surface area contributed by atoms with Gasteiger partial charge in [0.25, 0.3) is 6.43 Å². The molecule has 7 heteroatoms. The fraction of sp³-hybridized carbons (Fsp3) is 0.250. The highest BCUT2D eigenvalue weighted by Crippen LogP contribution is 2.40. The zero-order valence-corrected chi connectivity index (χ0v) is 10.3. The van der Waals surface area contributed by atoms with Gasteiger partial charge in [-0.25, -0.2) is 8.78 Å². The van der Waals surface area contributed by atoms with Crippen LogP contribution in [0.4, 0.5) is 14.6 Å². The normalized spacial score (nSPS) is 10.8. The first kappa shape index (κ1) is 13.1. The van der Waals surface area contributed by atoms with E-state index in [1.807, 2.05) is 0 Å². The maximum absolute atomic E-state index is 13.0. The summed E-state index contributed by atoms with van der Waals surface area (Å²) in [6.45, 7) is 0. The van der Waals surface area contributed by atoms with Crippen molar-refractivity contribution < 1.29 is 22.8 Å². The molecule has 0 atom stereocenters. The number of halogens is 2. The summed E-state index contributed by atoms with van der Waals surface area (Å²) in [5.74, 6) is 0.783. The minimum Gasteiger partial charge on any atom is -0.496 e. The van der Waals surface area contributed by atoms with Crippen LogP contribution in [-0.4, -0.2) is 19.4 Å². The fourth-order valence-electron chi connectivity index (χ4n) is 1.70. The number of anilines is 1. The first-order valence-electron chi connectivity index (χ1n) is 5.33. The number of alkyl halides is 2. The lowest BCUT2D eigenvalue weighted by Crippen LogP contribution is -1.96. The van der Waals surface area contributed by atoms with Crippen molar-refractivity contribution in [3.63, 3.8) is 0 Å². The van der Waals surface area contributed by atoms with Gasteiger partial charge < -0.3 is 19.7 Å². The summed E-state index contributed by atoms with van der Waals surface area (Å²) < 4.78 is 40.9. The van der Waals surface area contributed by atoms with Crippen molar-refractivity contribution in [1.82, 2.24) is 5.16 Å². The van der Waals surface area contributed by atoms with Gasteiger partial charge in [0.2, 0.25) is 0 Å². The maximum atomic E-state index is 13.0. The number of hydrogen-bond donors (Lipinski definition) is 1. The summed E-state index contributed by atoms with van der Waals surface area (Å²) >= 11 is 0.